The van der Waals surface area contributed by atoms with Gasteiger partial charge < -0.3 is 15.7 Å². The van der Waals surface area contributed by atoms with Crippen molar-refractivity contribution in [2.24, 2.45) is 0 Å². The minimum absolute atomic E-state index is 0.197. The van der Waals surface area contributed by atoms with E-state index in [9.17, 15) is 4.79 Å². The average Bonchev–Trinajstić information content (AvgIpc) is 2.29. The van der Waals surface area contributed by atoms with Gasteiger partial charge >= 0.3 is 5.97 Å². The normalized spacial score (nSPS) is 9.47. The van der Waals surface area contributed by atoms with E-state index in [4.69, 9.17) is 17.3 Å². The fourth-order valence-electron chi connectivity index (χ4n) is 1.09. The van der Waals surface area contributed by atoms with Gasteiger partial charge in [0.1, 0.15) is 0 Å². The fraction of sp³-hybridized carbons (Fsp3) is 0.0909. The minimum atomic E-state index is -0.981. The smallest absolute Gasteiger partial charge is 0.335 e. The van der Waals surface area contributed by atoms with Crippen LogP contribution in [0.1, 0.15) is 10.4 Å². The average molecular weight is 315 g/mol. The predicted molar refractivity (Wildman–Crippen MR) is 75.5 cm³/mol. The molecule has 0 aliphatic carbocycles. The molecule has 0 aliphatic rings. The summed E-state index contributed by atoms with van der Waals surface area (Å²) in [4.78, 5) is 10.8. The van der Waals surface area contributed by atoms with Crippen LogP contribution in [0.5, 0.6) is 0 Å². The number of hydrogen-bond acceptors (Lipinski definition) is 2. The molecule has 0 radical (unpaired) electrons. The number of carboxylic acids is 1. The Balaban J connectivity index is 2.82. The van der Waals surface area contributed by atoms with Crippen molar-refractivity contribution in [1.82, 2.24) is 5.32 Å². The molecule has 0 atom stereocenters. The summed E-state index contributed by atoms with van der Waals surface area (Å²) in [5.74, 6) is -0.981. The molecule has 6 heteroatoms. The molecule has 1 rings (SSSR count). The standard InChI is InChI=1S/C11H11BrN2O2S/c1-2-5-13-11(17)14-9-6-7(10(15)16)3-4-8(9)12/h2-4,6H,1,5H2,(H,15,16)(H2,13,14,17). The molecule has 0 amide bonds. The van der Waals surface area contributed by atoms with Crippen molar-refractivity contribution in [2.75, 3.05) is 11.9 Å². The van der Waals surface area contributed by atoms with Gasteiger partial charge in [0.15, 0.2) is 5.11 Å². The number of aromatic carboxylic acids is 1. The molecule has 1 aromatic carbocycles. The van der Waals surface area contributed by atoms with E-state index in [1.54, 1.807) is 12.1 Å². The van der Waals surface area contributed by atoms with Crippen LogP contribution in [0.3, 0.4) is 0 Å². The number of rotatable bonds is 4. The van der Waals surface area contributed by atoms with Crippen LogP contribution in [0.15, 0.2) is 35.3 Å². The van der Waals surface area contributed by atoms with Gasteiger partial charge in [-0.05, 0) is 46.3 Å². The van der Waals surface area contributed by atoms with Gasteiger partial charge in [-0.1, -0.05) is 6.08 Å². The number of hydrogen-bond donors (Lipinski definition) is 3. The number of carbonyl (C=O) groups is 1. The van der Waals surface area contributed by atoms with E-state index in [1.807, 2.05) is 0 Å². The number of nitrogens with one attached hydrogen (secondary N) is 2. The van der Waals surface area contributed by atoms with Crippen molar-refractivity contribution >= 4 is 44.9 Å². The van der Waals surface area contributed by atoms with Gasteiger partial charge in [-0.2, -0.15) is 0 Å². The van der Waals surface area contributed by atoms with Crippen LogP contribution in [0.25, 0.3) is 0 Å². The minimum Gasteiger partial charge on any atom is -0.478 e. The molecule has 1 aromatic rings. The van der Waals surface area contributed by atoms with E-state index in [-0.39, 0.29) is 5.56 Å². The molecule has 90 valence electrons. The molecule has 0 aliphatic heterocycles. The van der Waals surface area contributed by atoms with E-state index in [0.717, 1.165) is 4.47 Å². The maximum absolute atomic E-state index is 10.8. The molecular formula is C11H11BrN2O2S. The lowest BCUT2D eigenvalue weighted by Crippen LogP contribution is -2.28. The Hall–Kier alpha value is -1.40. The maximum Gasteiger partial charge on any atom is 0.335 e. The molecule has 0 bridgehead atoms. The third-order valence-corrected chi connectivity index (χ3v) is 2.81. The SMILES string of the molecule is C=CCNC(=S)Nc1cc(C(=O)O)ccc1Br. The van der Waals surface area contributed by atoms with Crippen molar-refractivity contribution in [3.05, 3.63) is 40.9 Å². The number of benzene rings is 1. The Bertz CT molecular complexity index is 463. The van der Waals surface area contributed by atoms with Crippen LogP contribution in [0.4, 0.5) is 5.69 Å². The molecule has 0 saturated heterocycles. The summed E-state index contributed by atoms with van der Waals surface area (Å²) in [7, 11) is 0. The molecule has 17 heavy (non-hydrogen) atoms. The van der Waals surface area contributed by atoms with Crippen molar-refractivity contribution in [3.8, 4) is 0 Å². The summed E-state index contributed by atoms with van der Waals surface area (Å²) in [6, 6.07) is 4.67. The second-order valence-corrected chi connectivity index (χ2v) is 4.39. The Morgan fingerprint density at radius 2 is 2.29 bits per heavy atom. The molecule has 4 nitrogen and oxygen atoms in total. The molecule has 3 N–H and O–H groups in total. The summed E-state index contributed by atoms with van der Waals surface area (Å²) < 4.78 is 0.741. The van der Waals surface area contributed by atoms with E-state index in [1.165, 1.54) is 12.1 Å². The van der Waals surface area contributed by atoms with E-state index >= 15 is 0 Å². The molecule has 0 unspecified atom stereocenters. The zero-order chi connectivity index (χ0) is 12.8. The summed E-state index contributed by atoms with van der Waals surface area (Å²) in [5, 5.41) is 15.1. The molecule has 0 spiro atoms. The predicted octanol–water partition coefficient (Wildman–Crippen LogP) is 2.62. The van der Waals surface area contributed by atoms with Crippen LogP contribution < -0.4 is 10.6 Å². The van der Waals surface area contributed by atoms with Gasteiger partial charge in [-0.25, -0.2) is 4.79 Å². The monoisotopic (exact) mass is 314 g/mol. The first-order valence-corrected chi connectivity index (χ1v) is 5.93. The van der Waals surface area contributed by atoms with Gasteiger partial charge in [-0.15, -0.1) is 6.58 Å². The summed E-state index contributed by atoms with van der Waals surface area (Å²) in [6.07, 6.45) is 1.68. The largest absolute Gasteiger partial charge is 0.478 e. The molecule has 0 saturated carbocycles. The first-order valence-electron chi connectivity index (χ1n) is 4.73. The second-order valence-electron chi connectivity index (χ2n) is 3.12. The molecule has 0 fully saturated rings. The van der Waals surface area contributed by atoms with Gasteiger partial charge in [0.25, 0.3) is 0 Å². The third-order valence-electron chi connectivity index (χ3n) is 1.87. The fourth-order valence-corrected chi connectivity index (χ4v) is 1.62. The lowest BCUT2D eigenvalue weighted by atomic mass is 10.2. The Morgan fingerprint density at radius 1 is 1.59 bits per heavy atom. The highest BCUT2D eigenvalue weighted by Gasteiger charge is 2.07. The third kappa shape index (κ3) is 4.16. The molecule has 0 aromatic heterocycles. The zero-order valence-electron chi connectivity index (χ0n) is 8.87. The number of halogens is 1. The second kappa shape index (κ2) is 6.36. The summed E-state index contributed by atoms with van der Waals surface area (Å²) >= 11 is 8.35. The van der Waals surface area contributed by atoms with Crippen molar-refractivity contribution in [3.63, 3.8) is 0 Å². The van der Waals surface area contributed by atoms with E-state index < -0.39 is 5.97 Å². The van der Waals surface area contributed by atoms with Crippen molar-refractivity contribution in [2.45, 2.75) is 0 Å². The van der Waals surface area contributed by atoms with Crippen LogP contribution >= 0.6 is 28.1 Å². The lowest BCUT2D eigenvalue weighted by molar-refractivity contribution is 0.0697. The molecule has 0 heterocycles. The first-order chi connectivity index (χ1) is 8.04. The highest BCUT2D eigenvalue weighted by molar-refractivity contribution is 9.10. The van der Waals surface area contributed by atoms with Crippen molar-refractivity contribution in [1.29, 1.82) is 0 Å². The van der Waals surface area contributed by atoms with Crippen LogP contribution in [0, 0.1) is 0 Å². The highest BCUT2D eigenvalue weighted by atomic mass is 79.9. The Morgan fingerprint density at radius 3 is 2.88 bits per heavy atom. The Kier molecular flexibility index (Phi) is 5.11. The maximum atomic E-state index is 10.8. The van der Waals surface area contributed by atoms with E-state index in [0.29, 0.717) is 17.3 Å². The summed E-state index contributed by atoms with van der Waals surface area (Å²) in [6.45, 7) is 4.10. The van der Waals surface area contributed by atoms with Crippen LogP contribution in [0.2, 0.25) is 0 Å². The van der Waals surface area contributed by atoms with Crippen LogP contribution in [-0.2, 0) is 0 Å². The Labute approximate surface area is 113 Å². The van der Waals surface area contributed by atoms with Gasteiger partial charge in [0.05, 0.1) is 11.3 Å². The van der Waals surface area contributed by atoms with Crippen LogP contribution in [-0.4, -0.2) is 22.7 Å². The number of thiocarbonyl (C=S) groups is 1. The number of anilines is 1. The quantitative estimate of drug-likeness (QED) is 0.589. The van der Waals surface area contributed by atoms with E-state index in [2.05, 4.69) is 33.1 Å². The van der Waals surface area contributed by atoms with Crippen molar-refractivity contribution < 1.29 is 9.90 Å². The zero-order valence-corrected chi connectivity index (χ0v) is 11.3. The van der Waals surface area contributed by atoms with Gasteiger partial charge in [0.2, 0.25) is 0 Å². The number of carboxylic acid groups (broad SMARTS) is 1. The molecular weight excluding hydrogens is 304 g/mol. The lowest BCUT2D eigenvalue weighted by Gasteiger charge is -2.11. The highest BCUT2D eigenvalue weighted by Crippen LogP contribution is 2.23. The van der Waals surface area contributed by atoms with Gasteiger partial charge in [0, 0.05) is 11.0 Å². The van der Waals surface area contributed by atoms with Gasteiger partial charge in [-0.3, -0.25) is 0 Å². The first kappa shape index (κ1) is 13.7. The summed E-state index contributed by atoms with van der Waals surface area (Å²) in [5.41, 5.74) is 0.800. The topological polar surface area (TPSA) is 61.4 Å².